The lowest BCUT2D eigenvalue weighted by Crippen LogP contribution is -2.39. The molecule has 0 radical (unpaired) electrons. The summed E-state index contributed by atoms with van der Waals surface area (Å²) < 4.78 is 37.9. The highest BCUT2D eigenvalue weighted by molar-refractivity contribution is 7.91. The van der Waals surface area contributed by atoms with Gasteiger partial charge in [-0.2, -0.15) is 0 Å². The Morgan fingerprint density at radius 3 is 2.38 bits per heavy atom. The van der Waals surface area contributed by atoms with Crippen molar-refractivity contribution in [2.45, 2.75) is 49.1 Å². The lowest BCUT2D eigenvalue weighted by atomic mass is 9.99. The summed E-state index contributed by atoms with van der Waals surface area (Å²) in [5.41, 5.74) is 0.632. The van der Waals surface area contributed by atoms with Gasteiger partial charge in [0.2, 0.25) is 0 Å². The quantitative estimate of drug-likeness (QED) is 0.870. The van der Waals surface area contributed by atoms with Crippen molar-refractivity contribution in [3.63, 3.8) is 0 Å². The van der Waals surface area contributed by atoms with Gasteiger partial charge >= 0.3 is 0 Å². The number of benzene rings is 1. The Bertz CT molecular complexity index is 653. The van der Waals surface area contributed by atoms with Crippen molar-refractivity contribution in [1.29, 1.82) is 0 Å². The first-order valence-corrected chi connectivity index (χ1v) is 9.48. The highest BCUT2D eigenvalue weighted by Gasteiger charge is 2.43. The van der Waals surface area contributed by atoms with Gasteiger partial charge in [0.15, 0.2) is 9.84 Å². The predicted octanol–water partition coefficient (Wildman–Crippen LogP) is 2.82. The van der Waals surface area contributed by atoms with Crippen LogP contribution < -0.4 is 5.32 Å². The zero-order chi connectivity index (χ0) is 14.6. The molecular formula is C16H20FNO2S. The van der Waals surface area contributed by atoms with Gasteiger partial charge < -0.3 is 5.32 Å². The molecule has 3 nitrogen and oxygen atoms in total. The van der Waals surface area contributed by atoms with Gasteiger partial charge in [0.1, 0.15) is 5.82 Å². The number of fused-ring (bicyclic) bond motifs is 1. The van der Waals surface area contributed by atoms with E-state index in [9.17, 15) is 12.8 Å². The van der Waals surface area contributed by atoms with Gasteiger partial charge in [-0.15, -0.1) is 0 Å². The molecule has 21 heavy (non-hydrogen) atoms. The molecule has 0 amide bonds. The van der Waals surface area contributed by atoms with E-state index in [2.05, 4.69) is 5.32 Å². The van der Waals surface area contributed by atoms with Gasteiger partial charge in [-0.3, -0.25) is 0 Å². The average molecular weight is 309 g/mol. The Labute approximate surface area is 124 Å². The molecule has 4 rings (SSSR count). The zero-order valence-corrected chi connectivity index (χ0v) is 12.7. The maximum absolute atomic E-state index is 13.6. The van der Waals surface area contributed by atoms with Gasteiger partial charge in [-0.05, 0) is 67.7 Å². The van der Waals surface area contributed by atoms with Crippen LogP contribution in [0.25, 0.3) is 0 Å². The Kier molecular flexibility index (Phi) is 3.12. The molecule has 0 bridgehead atoms. The minimum Gasteiger partial charge on any atom is -0.307 e. The van der Waals surface area contributed by atoms with E-state index in [1.54, 1.807) is 0 Å². The minimum atomic E-state index is -3.24. The normalized spacial score (nSPS) is 27.6. The van der Waals surface area contributed by atoms with Crippen molar-refractivity contribution < 1.29 is 12.8 Å². The molecule has 0 saturated heterocycles. The van der Waals surface area contributed by atoms with Crippen molar-refractivity contribution in [1.82, 2.24) is 5.32 Å². The van der Waals surface area contributed by atoms with Crippen molar-refractivity contribution in [2.75, 3.05) is 5.75 Å². The van der Waals surface area contributed by atoms with E-state index in [0.717, 1.165) is 11.8 Å². The number of rotatable bonds is 4. The minimum absolute atomic E-state index is 0.0228. The Hall–Kier alpha value is -0.940. The summed E-state index contributed by atoms with van der Waals surface area (Å²) in [4.78, 5) is 0.318. The van der Waals surface area contributed by atoms with Gasteiger partial charge in [0.25, 0.3) is 0 Å². The molecule has 1 aromatic carbocycles. The molecule has 1 aliphatic heterocycles. The maximum atomic E-state index is 13.6. The molecule has 2 fully saturated rings. The SMILES string of the molecule is O=S1(=O)CCC(NC(C2CC2)C2CC2)c2cc(F)ccc21. The first kappa shape index (κ1) is 13.7. The Morgan fingerprint density at radius 2 is 1.76 bits per heavy atom. The summed E-state index contributed by atoms with van der Waals surface area (Å²) in [5.74, 6) is 1.29. The summed E-state index contributed by atoms with van der Waals surface area (Å²) >= 11 is 0. The molecular weight excluding hydrogens is 289 g/mol. The fraction of sp³-hybridized carbons (Fsp3) is 0.625. The van der Waals surface area contributed by atoms with Gasteiger partial charge in [-0.25, -0.2) is 12.8 Å². The van der Waals surface area contributed by atoms with Gasteiger partial charge in [0, 0.05) is 12.1 Å². The molecule has 5 heteroatoms. The number of nitrogens with one attached hydrogen (secondary N) is 1. The van der Waals surface area contributed by atoms with Crippen LogP contribution in [-0.2, 0) is 9.84 Å². The summed E-state index contributed by atoms with van der Waals surface area (Å²) in [6.07, 6.45) is 5.64. The average Bonchev–Trinajstić information content (AvgIpc) is 3.31. The predicted molar refractivity (Wildman–Crippen MR) is 78.2 cm³/mol. The third-order valence-corrected chi connectivity index (χ3v) is 6.83. The van der Waals surface area contributed by atoms with Crippen LogP contribution in [0.3, 0.4) is 0 Å². The Morgan fingerprint density at radius 1 is 1.10 bits per heavy atom. The number of hydrogen-bond donors (Lipinski definition) is 1. The third-order valence-electron chi connectivity index (χ3n) is 5.01. The van der Waals surface area contributed by atoms with Crippen LogP contribution in [0, 0.1) is 17.7 Å². The van der Waals surface area contributed by atoms with Crippen LogP contribution in [0.5, 0.6) is 0 Å². The summed E-state index contributed by atoms with van der Waals surface area (Å²) in [6, 6.07) is 4.55. The molecule has 1 aromatic rings. The first-order valence-electron chi connectivity index (χ1n) is 7.83. The molecule has 1 N–H and O–H groups in total. The maximum Gasteiger partial charge on any atom is 0.178 e. The van der Waals surface area contributed by atoms with E-state index in [-0.39, 0.29) is 17.6 Å². The van der Waals surface area contributed by atoms with E-state index in [1.807, 2.05) is 0 Å². The first-order chi connectivity index (χ1) is 10.0. The van der Waals surface area contributed by atoms with Crippen molar-refractivity contribution in [3.05, 3.63) is 29.6 Å². The van der Waals surface area contributed by atoms with E-state index in [4.69, 9.17) is 0 Å². The zero-order valence-electron chi connectivity index (χ0n) is 11.9. The topological polar surface area (TPSA) is 46.2 Å². The fourth-order valence-electron chi connectivity index (χ4n) is 3.59. The van der Waals surface area contributed by atoms with Crippen LogP contribution in [0.15, 0.2) is 23.1 Å². The van der Waals surface area contributed by atoms with Crippen molar-refractivity contribution >= 4 is 9.84 Å². The Balaban J connectivity index is 1.65. The number of sulfone groups is 1. The number of halogens is 1. The molecule has 1 heterocycles. The van der Waals surface area contributed by atoms with E-state index < -0.39 is 9.84 Å². The summed E-state index contributed by atoms with van der Waals surface area (Å²) in [6.45, 7) is 0. The standard InChI is InChI=1S/C16H20FNO2S/c17-12-5-6-15-13(9-12)14(7-8-21(15,19)20)18-16(10-1-2-10)11-3-4-11/h5-6,9-11,14,16,18H,1-4,7-8H2. The van der Waals surface area contributed by atoms with E-state index >= 15 is 0 Å². The smallest absolute Gasteiger partial charge is 0.178 e. The van der Waals surface area contributed by atoms with E-state index in [1.165, 1.54) is 43.9 Å². The second kappa shape index (κ2) is 4.78. The van der Waals surface area contributed by atoms with Crippen LogP contribution >= 0.6 is 0 Å². The molecule has 3 aliphatic rings. The molecule has 1 unspecified atom stereocenters. The second-order valence-corrected chi connectivity index (χ2v) is 8.79. The molecule has 1 atom stereocenters. The number of hydrogen-bond acceptors (Lipinski definition) is 3. The van der Waals surface area contributed by atoms with Crippen molar-refractivity contribution in [2.24, 2.45) is 11.8 Å². The lowest BCUT2D eigenvalue weighted by molar-refractivity contribution is 0.352. The molecule has 2 saturated carbocycles. The van der Waals surface area contributed by atoms with Crippen LogP contribution in [0.2, 0.25) is 0 Å². The second-order valence-electron chi connectivity index (χ2n) is 6.71. The molecule has 2 aliphatic carbocycles. The highest BCUT2D eigenvalue weighted by atomic mass is 32.2. The monoisotopic (exact) mass is 309 g/mol. The van der Waals surface area contributed by atoms with Crippen LogP contribution in [-0.4, -0.2) is 20.2 Å². The van der Waals surface area contributed by atoms with E-state index in [0.29, 0.717) is 22.9 Å². The van der Waals surface area contributed by atoms with Crippen molar-refractivity contribution in [3.8, 4) is 0 Å². The summed E-state index contributed by atoms with van der Waals surface area (Å²) in [7, 11) is -3.24. The van der Waals surface area contributed by atoms with Crippen LogP contribution in [0.1, 0.15) is 43.7 Å². The third kappa shape index (κ3) is 2.61. The van der Waals surface area contributed by atoms with Gasteiger partial charge in [-0.1, -0.05) is 0 Å². The molecule has 0 aromatic heterocycles. The lowest BCUT2D eigenvalue weighted by Gasteiger charge is -2.30. The van der Waals surface area contributed by atoms with Gasteiger partial charge in [0.05, 0.1) is 10.6 Å². The fourth-order valence-corrected chi connectivity index (χ4v) is 5.19. The summed E-state index contributed by atoms with van der Waals surface area (Å²) in [5, 5.41) is 3.67. The van der Waals surface area contributed by atoms with Crippen LogP contribution in [0.4, 0.5) is 4.39 Å². The molecule has 0 spiro atoms. The largest absolute Gasteiger partial charge is 0.307 e. The molecule has 114 valence electrons. The highest BCUT2D eigenvalue weighted by Crippen LogP contribution is 2.46.